The van der Waals surface area contributed by atoms with Crippen molar-refractivity contribution in [3.8, 4) is 0 Å². The Morgan fingerprint density at radius 1 is 1.39 bits per heavy atom. The number of hydrogen-bond acceptors (Lipinski definition) is 4. The Labute approximate surface area is 111 Å². The molecule has 0 bridgehead atoms. The second-order valence-corrected chi connectivity index (χ2v) is 4.92. The van der Waals surface area contributed by atoms with Crippen molar-refractivity contribution in [1.82, 2.24) is 10.2 Å². The minimum Gasteiger partial charge on any atom is -0.377 e. The first-order valence-corrected chi connectivity index (χ1v) is 6.80. The summed E-state index contributed by atoms with van der Waals surface area (Å²) in [6.07, 6.45) is 2.01. The summed E-state index contributed by atoms with van der Waals surface area (Å²) in [5, 5.41) is 3.17. The van der Waals surface area contributed by atoms with Gasteiger partial charge in [0, 0.05) is 6.54 Å². The number of carbonyl (C=O) groups is 1. The monoisotopic (exact) mass is 259 g/mol. The van der Waals surface area contributed by atoms with Gasteiger partial charge < -0.3 is 20.7 Å². The molecule has 0 spiro atoms. The Kier molecular flexibility index (Phi) is 9.92. The molecule has 3 N–H and O–H groups in total. The van der Waals surface area contributed by atoms with E-state index in [1.165, 1.54) is 0 Å². The zero-order chi connectivity index (χ0) is 14.0. The van der Waals surface area contributed by atoms with Crippen LogP contribution in [0.2, 0.25) is 0 Å². The molecule has 0 radical (unpaired) electrons. The largest absolute Gasteiger partial charge is 0.377 e. The van der Waals surface area contributed by atoms with Gasteiger partial charge >= 0.3 is 0 Å². The summed E-state index contributed by atoms with van der Waals surface area (Å²) in [7, 11) is 2.03. The number of primary amides is 1. The number of nitrogens with one attached hydrogen (secondary N) is 1. The standard InChI is InChI=1S/C13H29N3O2/c1-5-7-15-12(13(14)17)6-8-16(4)9-10-18-11(2)3/h11-12,15H,5-10H2,1-4H3,(H2,14,17). The predicted molar refractivity (Wildman–Crippen MR) is 74.5 cm³/mol. The van der Waals surface area contributed by atoms with Crippen molar-refractivity contribution < 1.29 is 9.53 Å². The van der Waals surface area contributed by atoms with Crippen molar-refractivity contribution in [1.29, 1.82) is 0 Å². The van der Waals surface area contributed by atoms with Gasteiger partial charge in [-0.2, -0.15) is 0 Å². The first-order chi connectivity index (χ1) is 8.47. The fourth-order valence-electron chi connectivity index (χ4n) is 1.57. The number of nitrogens with two attached hydrogens (primary N) is 1. The lowest BCUT2D eigenvalue weighted by Crippen LogP contribution is -2.43. The molecule has 5 heteroatoms. The number of carbonyl (C=O) groups excluding carboxylic acids is 1. The molecule has 0 saturated carbocycles. The predicted octanol–water partition coefficient (Wildman–Crippen LogP) is 0.587. The van der Waals surface area contributed by atoms with Crippen molar-refractivity contribution >= 4 is 5.91 Å². The van der Waals surface area contributed by atoms with Crippen molar-refractivity contribution in [2.24, 2.45) is 5.73 Å². The maximum absolute atomic E-state index is 11.2. The van der Waals surface area contributed by atoms with Crippen LogP contribution in [0.1, 0.15) is 33.6 Å². The van der Waals surface area contributed by atoms with E-state index in [0.29, 0.717) is 0 Å². The number of amides is 1. The van der Waals surface area contributed by atoms with Crippen LogP contribution in [0, 0.1) is 0 Å². The average molecular weight is 259 g/mol. The molecule has 1 unspecified atom stereocenters. The van der Waals surface area contributed by atoms with E-state index in [1.807, 2.05) is 20.9 Å². The molecule has 0 aromatic rings. The molecule has 0 aliphatic carbocycles. The van der Waals surface area contributed by atoms with E-state index in [4.69, 9.17) is 10.5 Å². The van der Waals surface area contributed by atoms with Crippen LogP contribution >= 0.6 is 0 Å². The van der Waals surface area contributed by atoms with Gasteiger partial charge in [0.25, 0.3) is 0 Å². The van der Waals surface area contributed by atoms with Crippen LogP contribution in [0.4, 0.5) is 0 Å². The highest BCUT2D eigenvalue weighted by Crippen LogP contribution is 1.96. The van der Waals surface area contributed by atoms with E-state index in [0.717, 1.165) is 39.1 Å². The van der Waals surface area contributed by atoms with E-state index < -0.39 is 0 Å². The Morgan fingerprint density at radius 2 is 2.06 bits per heavy atom. The summed E-state index contributed by atoms with van der Waals surface area (Å²) in [5.41, 5.74) is 5.36. The third kappa shape index (κ3) is 9.39. The van der Waals surface area contributed by atoms with Crippen LogP contribution in [0.5, 0.6) is 0 Å². The third-order valence-corrected chi connectivity index (χ3v) is 2.71. The van der Waals surface area contributed by atoms with Gasteiger partial charge in [0.05, 0.1) is 18.8 Å². The lowest BCUT2D eigenvalue weighted by molar-refractivity contribution is -0.120. The fourth-order valence-corrected chi connectivity index (χ4v) is 1.57. The minimum atomic E-state index is -0.268. The molecule has 0 aromatic heterocycles. The molecule has 0 rings (SSSR count). The SMILES string of the molecule is CCCNC(CCN(C)CCOC(C)C)C(N)=O. The Morgan fingerprint density at radius 3 is 2.56 bits per heavy atom. The van der Waals surface area contributed by atoms with Crippen LogP contribution in [0.15, 0.2) is 0 Å². The number of rotatable bonds is 11. The molecular formula is C13H29N3O2. The normalized spacial score (nSPS) is 13.2. The maximum atomic E-state index is 11.2. The molecule has 18 heavy (non-hydrogen) atoms. The third-order valence-electron chi connectivity index (χ3n) is 2.71. The highest BCUT2D eigenvalue weighted by atomic mass is 16.5. The number of hydrogen-bond donors (Lipinski definition) is 2. The summed E-state index contributed by atoms with van der Waals surface area (Å²) >= 11 is 0. The topological polar surface area (TPSA) is 67.6 Å². The van der Waals surface area contributed by atoms with E-state index >= 15 is 0 Å². The maximum Gasteiger partial charge on any atom is 0.234 e. The van der Waals surface area contributed by atoms with Crippen LogP contribution in [0.3, 0.4) is 0 Å². The second-order valence-electron chi connectivity index (χ2n) is 4.92. The zero-order valence-corrected chi connectivity index (χ0v) is 12.2. The highest BCUT2D eigenvalue weighted by molar-refractivity contribution is 5.79. The van der Waals surface area contributed by atoms with E-state index in [-0.39, 0.29) is 18.1 Å². The molecule has 1 atom stereocenters. The quantitative estimate of drug-likeness (QED) is 0.570. The van der Waals surface area contributed by atoms with Crippen LogP contribution in [-0.2, 0) is 9.53 Å². The van der Waals surface area contributed by atoms with Crippen LogP contribution < -0.4 is 11.1 Å². The van der Waals surface area contributed by atoms with Crippen molar-refractivity contribution in [3.63, 3.8) is 0 Å². The van der Waals surface area contributed by atoms with Gasteiger partial charge in [-0.25, -0.2) is 0 Å². The van der Waals surface area contributed by atoms with Gasteiger partial charge in [0.2, 0.25) is 5.91 Å². The van der Waals surface area contributed by atoms with Gasteiger partial charge in [0.15, 0.2) is 0 Å². The summed E-state index contributed by atoms with van der Waals surface area (Å²) < 4.78 is 5.48. The Balaban J connectivity index is 3.77. The molecule has 0 saturated heterocycles. The molecular weight excluding hydrogens is 230 g/mol. The Hall–Kier alpha value is -0.650. The smallest absolute Gasteiger partial charge is 0.234 e. The van der Waals surface area contributed by atoms with Crippen LogP contribution in [0.25, 0.3) is 0 Å². The second kappa shape index (κ2) is 10.3. The molecule has 108 valence electrons. The minimum absolute atomic E-state index is 0.224. The van der Waals surface area contributed by atoms with Gasteiger partial charge in [-0.05, 0) is 46.8 Å². The van der Waals surface area contributed by atoms with Crippen molar-refractivity contribution in [3.05, 3.63) is 0 Å². The van der Waals surface area contributed by atoms with Gasteiger partial charge in [-0.15, -0.1) is 0 Å². The number of ether oxygens (including phenoxy) is 1. The Bertz CT molecular complexity index is 222. The van der Waals surface area contributed by atoms with E-state index in [2.05, 4.69) is 17.1 Å². The lowest BCUT2D eigenvalue weighted by atomic mass is 10.2. The van der Waals surface area contributed by atoms with Crippen LogP contribution in [-0.4, -0.2) is 56.2 Å². The van der Waals surface area contributed by atoms with Crippen molar-refractivity contribution in [2.45, 2.75) is 45.8 Å². The van der Waals surface area contributed by atoms with E-state index in [9.17, 15) is 4.79 Å². The summed E-state index contributed by atoms with van der Waals surface area (Å²) in [4.78, 5) is 13.4. The molecule has 0 aromatic carbocycles. The molecule has 5 nitrogen and oxygen atoms in total. The number of likely N-dealkylation sites (N-methyl/N-ethyl adjacent to an activating group) is 1. The zero-order valence-electron chi connectivity index (χ0n) is 12.2. The summed E-state index contributed by atoms with van der Waals surface area (Å²) in [5.74, 6) is -0.268. The molecule has 1 amide bonds. The lowest BCUT2D eigenvalue weighted by Gasteiger charge is -2.21. The highest BCUT2D eigenvalue weighted by Gasteiger charge is 2.14. The first-order valence-electron chi connectivity index (χ1n) is 6.80. The molecule has 0 fully saturated rings. The van der Waals surface area contributed by atoms with Gasteiger partial charge in [0.1, 0.15) is 0 Å². The fraction of sp³-hybridized carbons (Fsp3) is 0.923. The van der Waals surface area contributed by atoms with E-state index in [1.54, 1.807) is 0 Å². The molecule has 0 aliphatic heterocycles. The van der Waals surface area contributed by atoms with Gasteiger partial charge in [-0.3, -0.25) is 4.79 Å². The summed E-state index contributed by atoms with van der Waals surface area (Å²) in [6, 6.07) is -0.224. The molecule has 0 heterocycles. The molecule has 0 aliphatic rings. The van der Waals surface area contributed by atoms with Gasteiger partial charge in [-0.1, -0.05) is 6.92 Å². The first kappa shape index (κ1) is 17.4. The average Bonchev–Trinajstić information content (AvgIpc) is 2.28. The summed E-state index contributed by atoms with van der Waals surface area (Å²) in [6.45, 7) is 9.38. The van der Waals surface area contributed by atoms with Crippen molar-refractivity contribution in [2.75, 3.05) is 33.3 Å². The number of nitrogens with zero attached hydrogens (tertiary/aromatic N) is 1.